The summed E-state index contributed by atoms with van der Waals surface area (Å²) in [7, 11) is 0. The van der Waals surface area contributed by atoms with Gasteiger partial charge in [0.2, 0.25) is 0 Å². The first-order chi connectivity index (χ1) is 16.0. The molecule has 0 spiro atoms. The summed E-state index contributed by atoms with van der Waals surface area (Å²) < 4.78 is 17.7. The Hall–Kier alpha value is -2.32. The van der Waals surface area contributed by atoms with Gasteiger partial charge in [0.05, 0.1) is 18.1 Å². The van der Waals surface area contributed by atoms with Crippen molar-refractivity contribution in [1.29, 1.82) is 0 Å². The maximum atomic E-state index is 11.9. The molecule has 3 fully saturated rings. The maximum Gasteiger partial charge on any atom is 0.310 e. The van der Waals surface area contributed by atoms with Crippen LogP contribution < -0.4 is 9.47 Å². The Kier molecular flexibility index (Phi) is 6.47. The molecule has 1 aromatic carbocycles. The van der Waals surface area contributed by atoms with Gasteiger partial charge in [-0.05, 0) is 81.2 Å². The summed E-state index contributed by atoms with van der Waals surface area (Å²) >= 11 is 0. The van der Waals surface area contributed by atoms with Gasteiger partial charge >= 0.3 is 5.97 Å². The van der Waals surface area contributed by atoms with Crippen molar-refractivity contribution in [2.75, 3.05) is 26.2 Å². The van der Waals surface area contributed by atoms with Gasteiger partial charge in [-0.3, -0.25) is 4.79 Å². The third-order valence-electron chi connectivity index (χ3n) is 7.83. The number of piperidine rings is 1. The lowest BCUT2D eigenvalue weighted by molar-refractivity contribution is -0.150. The number of fused-ring (bicyclic) bond motifs is 1. The number of hydrogen-bond acceptors (Lipinski definition) is 7. The highest BCUT2D eigenvalue weighted by Crippen LogP contribution is 2.40. The topological polar surface area (TPSA) is 105 Å². The van der Waals surface area contributed by atoms with Crippen LogP contribution in [-0.4, -0.2) is 64.7 Å². The van der Waals surface area contributed by atoms with E-state index >= 15 is 0 Å². The van der Waals surface area contributed by atoms with E-state index < -0.39 is 17.5 Å². The van der Waals surface area contributed by atoms with E-state index in [9.17, 15) is 15.0 Å². The minimum Gasteiger partial charge on any atom is -0.487 e. The summed E-state index contributed by atoms with van der Waals surface area (Å²) in [5.41, 5.74) is 0.0621. The van der Waals surface area contributed by atoms with Crippen molar-refractivity contribution in [1.82, 2.24) is 10.1 Å². The monoisotopic (exact) mass is 458 g/mol. The number of aromatic nitrogens is 1. The molecule has 8 heteroatoms. The lowest BCUT2D eigenvalue weighted by Gasteiger charge is -2.36. The van der Waals surface area contributed by atoms with Crippen LogP contribution in [0.5, 0.6) is 11.6 Å². The molecule has 2 aliphatic carbocycles. The van der Waals surface area contributed by atoms with Crippen LogP contribution in [0.2, 0.25) is 0 Å². The number of aliphatic hydroxyl groups excluding tert-OH is 1. The molecule has 2 heterocycles. The van der Waals surface area contributed by atoms with E-state index in [0.29, 0.717) is 36.3 Å². The molecule has 1 saturated heterocycles. The summed E-state index contributed by atoms with van der Waals surface area (Å²) in [6.45, 7) is 3.00. The van der Waals surface area contributed by atoms with E-state index in [4.69, 9.17) is 14.0 Å². The lowest BCUT2D eigenvalue weighted by atomic mass is 9.84. The molecule has 2 N–H and O–H groups in total. The highest BCUT2D eigenvalue weighted by molar-refractivity contribution is 5.88. The van der Waals surface area contributed by atoms with Gasteiger partial charge in [-0.15, -0.1) is 0 Å². The van der Waals surface area contributed by atoms with Crippen molar-refractivity contribution in [3.63, 3.8) is 0 Å². The number of likely N-dealkylation sites (tertiary alicyclic amines) is 1. The summed E-state index contributed by atoms with van der Waals surface area (Å²) in [5, 5.41) is 24.8. The zero-order chi connectivity index (χ0) is 22.8. The second-order valence-electron chi connectivity index (χ2n) is 10.1. The average molecular weight is 459 g/mol. The fourth-order valence-electron chi connectivity index (χ4n) is 5.77. The van der Waals surface area contributed by atoms with Gasteiger partial charge in [-0.1, -0.05) is 18.9 Å². The van der Waals surface area contributed by atoms with E-state index in [1.54, 1.807) is 0 Å². The number of rotatable bonds is 8. The normalized spacial score (nSPS) is 26.1. The molecule has 0 unspecified atom stereocenters. The van der Waals surface area contributed by atoms with Gasteiger partial charge in [0.25, 0.3) is 5.88 Å². The molecule has 0 radical (unpaired) electrons. The van der Waals surface area contributed by atoms with E-state index in [0.717, 1.165) is 76.3 Å². The summed E-state index contributed by atoms with van der Waals surface area (Å²) in [6, 6.07) is 5.57. The highest BCUT2D eigenvalue weighted by atomic mass is 16.5. The molecular weight excluding hydrogens is 424 g/mol. The molecule has 0 amide bonds. The van der Waals surface area contributed by atoms with Crippen LogP contribution >= 0.6 is 0 Å². The predicted octanol–water partition coefficient (Wildman–Crippen LogP) is 3.86. The number of carboxylic acids is 1. The van der Waals surface area contributed by atoms with Crippen LogP contribution in [0.1, 0.15) is 57.8 Å². The van der Waals surface area contributed by atoms with Crippen molar-refractivity contribution in [2.24, 2.45) is 11.3 Å². The first kappa shape index (κ1) is 22.5. The maximum absolute atomic E-state index is 11.9. The van der Waals surface area contributed by atoms with Crippen molar-refractivity contribution in [3.05, 3.63) is 18.2 Å². The smallest absolute Gasteiger partial charge is 0.310 e. The Balaban J connectivity index is 1.18. The third-order valence-corrected chi connectivity index (χ3v) is 7.83. The second-order valence-corrected chi connectivity index (χ2v) is 10.1. The average Bonchev–Trinajstić information content (AvgIpc) is 3.55. The number of carboxylic acid groups (broad SMARTS) is 1. The summed E-state index contributed by atoms with van der Waals surface area (Å²) in [6.07, 6.45) is 7.49. The Bertz CT molecular complexity index is 961. The minimum absolute atomic E-state index is 0.211. The summed E-state index contributed by atoms with van der Waals surface area (Å²) in [5.74, 6) is 0.833. The molecule has 180 valence electrons. The Morgan fingerprint density at radius 3 is 2.64 bits per heavy atom. The molecule has 33 heavy (non-hydrogen) atoms. The van der Waals surface area contributed by atoms with E-state index in [2.05, 4.69) is 10.1 Å². The van der Waals surface area contributed by atoms with E-state index in [-0.39, 0.29) is 6.10 Å². The van der Waals surface area contributed by atoms with Crippen LogP contribution in [0, 0.1) is 11.3 Å². The van der Waals surface area contributed by atoms with Gasteiger partial charge < -0.3 is 29.1 Å². The standard InChI is InChI=1S/C25H34N2O6/c28-18-5-3-6-19(18)32-20-7-4-8-21-22(20)23(26-33-21)31-15-17-9-13-27(14-10-17)16-25(24(29)30)11-1-2-12-25/h4,7-8,17-19,28H,1-3,5-6,9-16H2,(H,29,30)/t18-,19-/m1/s1. The Morgan fingerprint density at radius 2 is 1.94 bits per heavy atom. The Labute approximate surface area is 193 Å². The van der Waals surface area contributed by atoms with Crippen LogP contribution in [0.4, 0.5) is 0 Å². The van der Waals surface area contributed by atoms with Crippen molar-refractivity contribution >= 4 is 16.9 Å². The summed E-state index contributed by atoms with van der Waals surface area (Å²) in [4.78, 5) is 14.2. The predicted molar refractivity (Wildman–Crippen MR) is 121 cm³/mol. The van der Waals surface area contributed by atoms with Crippen molar-refractivity contribution in [2.45, 2.75) is 70.0 Å². The molecule has 5 rings (SSSR count). The molecule has 1 aliphatic heterocycles. The van der Waals surface area contributed by atoms with Crippen LogP contribution in [0.25, 0.3) is 11.0 Å². The number of carbonyl (C=O) groups is 1. The van der Waals surface area contributed by atoms with Gasteiger partial charge in [0.1, 0.15) is 17.2 Å². The third kappa shape index (κ3) is 4.68. The molecule has 2 aromatic rings. The van der Waals surface area contributed by atoms with Crippen molar-refractivity contribution in [3.8, 4) is 11.6 Å². The zero-order valence-corrected chi connectivity index (χ0v) is 19.1. The number of benzene rings is 1. The quantitative estimate of drug-likeness (QED) is 0.614. The van der Waals surface area contributed by atoms with Gasteiger partial charge in [0.15, 0.2) is 5.58 Å². The molecule has 2 atom stereocenters. The molecule has 2 saturated carbocycles. The van der Waals surface area contributed by atoms with Gasteiger partial charge in [0, 0.05) is 6.54 Å². The number of aliphatic hydroxyl groups is 1. The van der Waals surface area contributed by atoms with Gasteiger partial charge in [-0.25, -0.2) is 0 Å². The number of aliphatic carboxylic acids is 1. The SMILES string of the molecule is O=C(O)C1(CN2CCC(COc3noc4cccc(O[C@@H]5CCC[C@H]5O)c34)CC2)CCCC1. The molecule has 1 aromatic heterocycles. The molecule has 3 aliphatic rings. The minimum atomic E-state index is -0.633. The molecular formula is C25H34N2O6. The van der Waals surface area contributed by atoms with Crippen LogP contribution in [0.15, 0.2) is 22.7 Å². The van der Waals surface area contributed by atoms with E-state index in [1.165, 1.54) is 0 Å². The molecule has 8 nitrogen and oxygen atoms in total. The van der Waals surface area contributed by atoms with E-state index in [1.807, 2.05) is 18.2 Å². The van der Waals surface area contributed by atoms with Crippen molar-refractivity contribution < 1.29 is 29.0 Å². The second kappa shape index (κ2) is 9.50. The number of ether oxygens (including phenoxy) is 2. The fraction of sp³-hybridized carbons (Fsp3) is 0.680. The zero-order valence-electron chi connectivity index (χ0n) is 19.1. The number of nitrogens with zero attached hydrogens (tertiary/aromatic N) is 2. The first-order valence-corrected chi connectivity index (χ1v) is 12.4. The largest absolute Gasteiger partial charge is 0.487 e. The van der Waals surface area contributed by atoms with Gasteiger partial charge in [-0.2, -0.15) is 0 Å². The van der Waals surface area contributed by atoms with Crippen LogP contribution in [-0.2, 0) is 4.79 Å². The fourth-order valence-corrected chi connectivity index (χ4v) is 5.77. The first-order valence-electron chi connectivity index (χ1n) is 12.4. The Morgan fingerprint density at radius 1 is 1.15 bits per heavy atom. The molecule has 0 bridgehead atoms. The highest BCUT2D eigenvalue weighted by Gasteiger charge is 2.43. The number of hydrogen-bond donors (Lipinski definition) is 2. The van der Waals surface area contributed by atoms with Crippen LogP contribution in [0.3, 0.4) is 0 Å². The lowest BCUT2D eigenvalue weighted by Crippen LogP contribution is -2.45.